The lowest BCUT2D eigenvalue weighted by molar-refractivity contribution is -0.384. The van der Waals surface area contributed by atoms with E-state index >= 15 is 0 Å². The van der Waals surface area contributed by atoms with E-state index in [1.807, 2.05) is 6.07 Å². The van der Waals surface area contributed by atoms with Crippen LogP contribution in [0.25, 0.3) is 0 Å². The highest BCUT2D eigenvalue weighted by molar-refractivity contribution is 5.63. The number of anilines is 2. The topological polar surface area (TPSA) is 93.0 Å². The number of non-ortho nitro benzene ring substituents is 1. The SMILES string of the molecule is CNc1cc(NCc2cccnn2)cc([N+](=O)[O-])c1. The molecular formula is C12H13N5O2. The highest BCUT2D eigenvalue weighted by Gasteiger charge is 2.09. The van der Waals surface area contributed by atoms with Gasteiger partial charge in [-0.25, -0.2) is 0 Å². The number of rotatable bonds is 5. The van der Waals surface area contributed by atoms with Crippen molar-refractivity contribution in [2.45, 2.75) is 6.54 Å². The number of hydrogen-bond acceptors (Lipinski definition) is 6. The highest BCUT2D eigenvalue weighted by Crippen LogP contribution is 2.24. The number of aromatic nitrogens is 2. The van der Waals surface area contributed by atoms with Crippen molar-refractivity contribution in [2.75, 3.05) is 17.7 Å². The third kappa shape index (κ3) is 3.38. The first-order valence-electron chi connectivity index (χ1n) is 5.67. The molecule has 2 rings (SSSR count). The molecule has 1 aromatic carbocycles. The molecule has 2 N–H and O–H groups in total. The minimum Gasteiger partial charge on any atom is -0.388 e. The molecule has 1 aromatic heterocycles. The largest absolute Gasteiger partial charge is 0.388 e. The van der Waals surface area contributed by atoms with E-state index in [9.17, 15) is 10.1 Å². The normalized spacial score (nSPS) is 9.95. The molecule has 2 aromatic rings. The van der Waals surface area contributed by atoms with Gasteiger partial charge in [0.15, 0.2) is 0 Å². The first-order chi connectivity index (χ1) is 9.19. The zero-order valence-electron chi connectivity index (χ0n) is 10.3. The molecule has 0 aliphatic rings. The Bertz CT molecular complexity index is 574. The van der Waals surface area contributed by atoms with Gasteiger partial charge < -0.3 is 10.6 Å². The Labute approximate surface area is 109 Å². The second-order valence-corrected chi connectivity index (χ2v) is 3.84. The smallest absolute Gasteiger partial charge is 0.273 e. The molecule has 19 heavy (non-hydrogen) atoms. The number of nitro benzene ring substituents is 1. The zero-order valence-corrected chi connectivity index (χ0v) is 10.3. The van der Waals surface area contributed by atoms with E-state index in [0.717, 1.165) is 5.69 Å². The molecule has 0 fully saturated rings. The minimum atomic E-state index is -0.422. The maximum atomic E-state index is 10.8. The van der Waals surface area contributed by atoms with E-state index in [-0.39, 0.29) is 5.69 Å². The second-order valence-electron chi connectivity index (χ2n) is 3.84. The van der Waals surface area contributed by atoms with Crippen LogP contribution in [0.5, 0.6) is 0 Å². The fraction of sp³-hybridized carbons (Fsp3) is 0.167. The van der Waals surface area contributed by atoms with Gasteiger partial charge in [0.2, 0.25) is 0 Å². The molecule has 0 aliphatic heterocycles. The first kappa shape index (κ1) is 12.7. The maximum Gasteiger partial charge on any atom is 0.273 e. The van der Waals surface area contributed by atoms with Crippen LogP contribution >= 0.6 is 0 Å². The van der Waals surface area contributed by atoms with Crippen LogP contribution in [0.2, 0.25) is 0 Å². The van der Waals surface area contributed by atoms with Gasteiger partial charge in [-0.05, 0) is 18.2 Å². The number of benzene rings is 1. The predicted molar refractivity (Wildman–Crippen MR) is 72.0 cm³/mol. The molecule has 0 unspecified atom stereocenters. The van der Waals surface area contributed by atoms with Crippen LogP contribution < -0.4 is 10.6 Å². The summed E-state index contributed by atoms with van der Waals surface area (Å²) in [6.45, 7) is 0.457. The van der Waals surface area contributed by atoms with Crippen molar-refractivity contribution in [2.24, 2.45) is 0 Å². The van der Waals surface area contributed by atoms with Crippen molar-refractivity contribution in [3.8, 4) is 0 Å². The predicted octanol–water partition coefficient (Wildman–Crippen LogP) is 2.04. The molecule has 7 nitrogen and oxygen atoms in total. The van der Waals surface area contributed by atoms with E-state index < -0.39 is 4.92 Å². The number of nitrogens with zero attached hydrogens (tertiary/aromatic N) is 3. The summed E-state index contributed by atoms with van der Waals surface area (Å²) in [4.78, 5) is 10.4. The summed E-state index contributed by atoms with van der Waals surface area (Å²) in [5.41, 5.74) is 2.13. The summed E-state index contributed by atoms with van der Waals surface area (Å²) < 4.78 is 0. The van der Waals surface area contributed by atoms with E-state index in [2.05, 4.69) is 20.8 Å². The van der Waals surface area contributed by atoms with Gasteiger partial charge in [0, 0.05) is 36.8 Å². The molecule has 0 spiro atoms. The second kappa shape index (κ2) is 5.76. The van der Waals surface area contributed by atoms with Crippen molar-refractivity contribution in [3.05, 3.63) is 52.3 Å². The number of hydrogen-bond donors (Lipinski definition) is 2. The summed E-state index contributed by atoms with van der Waals surface area (Å²) in [5, 5.41) is 24.5. The Balaban J connectivity index is 2.15. The van der Waals surface area contributed by atoms with Gasteiger partial charge in [0.1, 0.15) is 0 Å². The Morgan fingerprint density at radius 3 is 2.74 bits per heavy atom. The molecule has 7 heteroatoms. The Morgan fingerprint density at radius 1 is 1.32 bits per heavy atom. The average Bonchev–Trinajstić information content (AvgIpc) is 2.45. The fourth-order valence-corrected chi connectivity index (χ4v) is 1.58. The molecule has 1 heterocycles. The van der Waals surface area contributed by atoms with E-state index in [1.54, 1.807) is 25.4 Å². The van der Waals surface area contributed by atoms with Crippen LogP contribution in [-0.4, -0.2) is 22.2 Å². The van der Waals surface area contributed by atoms with Crippen LogP contribution in [0.1, 0.15) is 5.69 Å². The summed E-state index contributed by atoms with van der Waals surface area (Å²) in [7, 11) is 1.71. The van der Waals surface area contributed by atoms with E-state index in [0.29, 0.717) is 17.9 Å². The number of nitro groups is 1. The van der Waals surface area contributed by atoms with Crippen molar-refractivity contribution in [3.63, 3.8) is 0 Å². The summed E-state index contributed by atoms with van der Waals surface area (Å²) >= 11 is 0. The monoisotopic (exact) mass is 259 g/mol. The summed E-state index contributed by atoms with van der Waals surface area (Å²) in [5.74, 6) is 0. The lowest BCUT2D eigenvalue weighted by Gasteiger charge is -2.08. The summed E-state index contributed by atoms with van der Waals surface area (Å²) in [6.07, 6.45) is 1.59. The molecule has 0 atom stereocenters. The van der Waals surface area contributed by atoms with Gasteiger partial charge in [0.25, 0.3) is 5.69 Å². The first-order valence-corrected chi connectivity index (χ1v) is 5.67. The molecule has 0 saturated carbocycles. The zero-order chi connectivity index (χ0) is 13.7. The third-order valence-corrected chi connectivity index (χ3v) is 2.52. The molecule has 0 bridgehead atoms. The lowest BCUT2D eigenvalue weighted by Crippen LogP contribution is -2.03. The summed E-state index contributed by atoms with van der Waals surface area (Å²) in [6, 6.07) is 8.38. The Morgan fingerprint density at radius 2 is 2.11 bits per heavy atom. The molecule has 0 aliphatic carbocycles. The van der Waals surface area contributed by atoms with Crippen LogP contribution in [0.4, 0.5) is 17.1 Å². The lowest BCUT2D eigenvalue weighted by atomic mass is 10.2. The van der Waals surface area contributed by atoms with E-state index in [4.69, 9.17) is 0 Å². The highest BCUT2D eigenvalue weighted by atomic mass is 16.6. The van der Waals surface area contributed by atoms with Gasteiger partial charge in [-0.3, -0.25) is 10.1 Å². The average molecular weight is 259 g/mol. The van der Waals surface area contributed by atoms with Crippen LogP contribution in [-0.2, 0) is 6.54 Å². The maximum absolute atomic E-state index is 10.8. The van der Waals surface area contributed by atoms with Gasteiger partial charge in [-0.1, -0.05) is 0 Å². The van der Waals surface area contributed by atoms with Crippen molar-refractivity contribution >= 4 is 17.1 Å². The Kier molecular flexibility index (Phi) is 3.87. The van der Waals surface area contributed by atoms with Crippen LogP contribution in [0.15, 0.2) is 36.5 Å². The van der Waals surface area contributed by atoms with Gasteiger partial charge in [-0.2, -0.15) is 10.2 Å². The molecular weight excluding hydrogens is 246 g/mol. The fourth-order valence-electron chi connectivity index (χ4n) is 1.58. The van der Waals surface area contributed by atoms with Crippen molar-refractivity contribution in [1.82, 2.24) is 10.2 Å². The van der Waals surface area contributed by atoms with Crippen LogP contribution in [0, 0.1) is 10.1 Å². The Hall–Kier alpha value is -2.70. The van der Waals surface area contributed by atoms with Gasteiger partial charge in [-0.15, -0.1) is 0 Å². The molecule has 98 valence electrons. The number of nitrogens with one attached hydrogen (secondary N) is 2. The molecule has 0 saturated heterocycles. The van der Waals surface area contributed by atoms with Crippen molar-refractivity contribution in [1.29, 1.82) is 0 Å². The quantitative estimate of drug-likeness (QED) is 0.630. The van der Waals surface area contributed by atoms with Crippen LogP contribution in [0.3, 0.4) is 0 Å². The third-order valence-electron chi connectivity index (χ3n) is 2.52. The molecule has 0 amide bonds. The van der Waals surface area contributed by atoms with Gasteiger partial charge >= 0.3 is 0 Å². The van der Waals surface area contributed by atoms with Gasteiger partial charge in [0.05, 0.1) is 17.2 Å². The van der Waals surface area contributed by atoms with Crippen molar-refractivity contribution < 1.29 is 4.92 Å². The molecule has 0 radical (unpaired) electrons. The van der Waals surface area contributed by atoms with E-state index in [1.165, 1.54) is 12.1 Å². The standard InChI is InChI=1S/C12H13N5O2/c1-13-10-5-11(7-12(6-10)17(18)19)14-8-9-3-2-4-15-16-9/h2-7,13-14H,8H2,1H3. The minimum absolute atomic E-state index is 0.0356.